The predicted octanol–water partition coefficient (Wildman–Crippen LogP) is 1.84. The van der Waals surface area contributed by atoms with Crippen molar-refractivity contribution in [1.29, 1.82) is 0 Å². The molecule has 1 amide bonds. The number of nitrogens with zero attached hydrogens (tertiary/aromatic N) is 2. The molecule has 2 aliphatic heterocycles. The molecule has 0 aromatic rings. The van der Waals surface area contributed by atoms with Crippen molar-refractivity contribution in [2.75, 3.05) is 26.2 Å². The van der Waals surface area contributed by atoms with Gasteiger partial charge in [-0.1, -0.05) is 6.42 Å². The van der Waals surface area contributed by atoms with Crippen LogP contribution in [-0.2, 0) is 4.79 Å². The second kappa shape index (κ2) is 6.44. The normalized spacial score (nSPS) is 29.5. The minimum atomic E-state index is -0.736. The predicted molar refractivity (Wildman–Crippen MR) is 82.5 cm³/mol. The molecule has 2 saturated heterocycles. The Bertz CT molecular complexity index is 337. The largest absolute Gasteiger partial charge is 0.341 e. The molecule has 0 bridgehead atoms. The number of amides is 1. The maximum Gasteiger partial charge on any atom is 0.242 e. The van der Waals surface area contributed by atoms with Gasteiger partial charge in [0.25, 0.3) is 0 Å². The SMILES string of the molecule is C[C@@H]1CCCCN1C[C@@H]1CCCN(C(=O)C(C)(C)N)C1. The lowest BCUT2D eigenvalue weighted by atomic mass is 9.93. The van der Waals surface area contributed by atoms with E-state index in [9.17, 15) is 4.79 Å². The minimum absolute atomic E-state index is 0.105. The van der Waals surface area contributed by atoms with Crippen molar-refractivity contribution in [2.45, 2.75) is 64.5 Å². The highest BCUT2D eigenvalue weighted by Crippen LogP contribution is 2.23. The van der Waals surface area contributed by atoms with E-state index in [2.05, 4.69) is 11.8 Å². The summed E-state index contributed by atoms with van der Waals surface area (Å²) in [6, 6.07) is 0.709. The molecular formula is C16H31N3O. The Hall–Kier alpha value is -0.610. The number of likely N-dealkylation sites (tertiary alicyclic amines) is 2. The van der Waals surface area contributed by atoms with Crippen LogP contribution >= 0.6 is 0 Å². The van der Waals surface area contributed by atoms with Gasteiger partial charge >= 0.3 is 0 Å². The molecule has 2 heterocycles. The zero-order chi connectivity index (χ0) is 14.8. The Morgan fingerprint density at radius 3 is 2.60 bits per heavy atom. The van der Waals surface area contributed by atoms with E-state index in [4.69, 9.17) is 5.73 Å². The van der Waals surface area contributed by atoms with Gasteiger partial charge in [-0.05, 0) is 58.9 Å². The molecule has 0 aromatic heterocycles. The lowest BCUT2D eigenvalue weighted by molar-refractivity contribution is -0.137. The molecule has 2 atom stereocenters. The van der Waals surface area contributed by atoms with E-state index in [0.29, 0.717) is 12.0 Å². The minimum Gasteiger partial charge on any atom is -0.341 e. The zero-order valence-corrected chi connectivity index (χ0v) is 13.4. The second-order valence-corrected chi connectivity index (χ2v) is 7.32. The number of piperidine rings is 2. The average Bonchev–Trinajstić information content (AvgIpc) is 2.40. The third-order valence-electron chi connectivity index (χ3n) is 4.79. The molecule has 0 unspecified atom stereocenters. The van der Waals surface area contributed by atoms with Crippen LogP contribution in [-0.4, -0.2) is 53.5 Å². The van der Waals surface area contributed by atoms with Crippen LogP contribution < -0.4 is 5.73 Å². The first-order chi connectivity index (χ1) is 9.38. The summed E-state index contributed by atoms with van der Waals surface area (Å²) in [5.74, 6) is 0.726. The van der Waals surface area contributed by atoms with Crippen molar-refractivity contribution in [2.24, 2.45) is 11.7 Å². The number of hydrogen-bond acceptors (Lipinski definition) is 3. The van der Waals surface area contributed by atoms with E-state index in [1.807, 2.05) is 18.7 Å². The molecule has 4 heteroatoms. The number of carbonyl (C=O) groups excluding carboxylic acids is 1. The molecule has 0 spiro atoms. The Labute approximate surface area is 123 Å². The third-order valence-corrected chi connectivity index (χ3v) is 4.79. The average molecular weight is 281 g/mol. The molecule has 0 aromatic carbocycles. The van der Waals surface area contributed by atoms with Crippen LogP contribution in [0.5, 0.6) is 0 Å². The van der Waals surface area contributed by atoms with Gasteiger partial charge in [0.05, 0.1) is 5.54 Å². The van der Waals surface area contributed by atoms with Crippen molar-refractivity contribution >= 4 is 5.91 Å². The molecule has 2 N–H and O–H groups in total. The summed E-state index contributed by atoms with van der Waals surface area (Å²) in [7, 11) is 0. The van der Waals surface area contributed by atoms with E-state index in [-0.39, 0.29) is 5.91 Å². The fourth-order valence-electron chi connectivity index (χ4n) is 3.57. The van der Waals surface area contributed by atoms with Gasteiger partial charge in [-0.15, -0.1) is 0 Å². The molecule has 2 rings (SSSR count). The van der Waals surface area contributed by atoms with Crippen LogP contribution in [0.4, 0.5) is 0 Å². The molecule has 4 nitrogen and oxygen atoms in total. The van der Waals surface area contributed by atoms with Crippen LogP contribution in [0.2, 0.25) is 0 Å². The number of rotatable bonds is 3. The highest BCUT2D eigenvalue weighted by molar-refractivity contribution is 5.85. The summed E-state index contributed by atoms with van der Waals surface area (Å²) >= 11 is 0. The summed E-state index contributed by atoms with van der Waals surface area (Å²) in [5, 5.41) is 0. The fraction of sp³-hybridized carbons (Fsp3) is 0.938. The van der Waals surface area contributed by atoms with Gasteiger partial charge in [-0.2, -0.15) is 0 Å². The second-order valence-electron chi connectivity index (χ2n) is 7.32. The summed E-state index contributed by atoms with van der Waals surface area (Å²) in [6.07, 6.45) is 6.39. The Kier molecular flexibility index (Phi) is 5.08. The first-order valence-corrected chi connectivity index (χ1v) is 8.20. The number of nitrogens with two attached hydrogens (primary N) is 1. The van der Waals surface area contributed by atoms with Crippen LogP contribution in [0.3, 0.4) is 0 Å². The van der Waals surface area contributed by atoms with Crippen LogP contribution in [0.15, 0.2) is 0 Å². The number of carbonyl (C=O) groups is 1. The summed E-state index contributed by atoms with van der Waals surface area (Å²) < 4.78 is 0. The molecule has 116 valence electrons. The van der Waals surface area contributed by atoms with E-state index in [0.717, 1.165) is 26.1 Å². The van der Waals surface area contributed by atoms with Crippen LogP contribution in [0.1, 0.15) is 52.9 Å². The summed E-state index contributed by atoms with van der Waals surface area (Å²) in [6.45, 7) is 10.1. The Morgan fingerprint density at radius 2 is 1.95 bits per heavy atom. The topological polar surface area (TPSA) is 49.6 Å². The van der Waals surface area contributed by atoms with E-state index in [1.165, 1.54) is 32.2 Å². The zero-order valence-electron chi connectivity index (χ0n) is 13.4. The molecule has 2 aliphatic rings. The maximum absolute atomic E-state index is 12.3. The summed E-state index contributed by atoms with van der Waals surface area (Å²) in [4.78, 5) is 16.9. The van der Waals surface area contributed by atoms with Gasteiger partial charge in [0, 0.05) is 25.7 Å². The summed E-state index contributed by atoms with van der Waals surface area (Å²) in [5.41, 5.74) is 5.22. The highest BCUT2D eigenvalue weighted by atomic mass is 16.2. The highest BCUT2D eigenvalue weighted by Gasteiger charge is 2.32. The Morgan fingerprint density at radius 1 is 1.20 bits per heavy atom. The smallest absolute Gasteiger partial charge is 0.242 e. The Balaban J connectivity index is 1.88. The van der Waals surface area contributed by atoms with Gasteiger partial charge in [0.1, 0.15) is 0 Å². The van der Waals surface area contributed by atoms with Crippen LogP contribution in [0.25, 0.3) is 0 Å². The first-order valence-electron chi connectivity index (χ1n) is 8.20. The number of hydrogen-bond donors (Lipinski definition) is 1. The fourth-order valence-corrected chi connectivity index (χ4v) is 3.57. The molecule has 2 fully saturated rings. The molecule has 0 saturated carbocycles. The van der Waals surface area contributed by atoms with Crippen molar-refractivity contribution in [3.8, 4) is 0 Å². The lowest BCUT2D eigenvalue weighted by Crippen LogP contribution is -2.55. The van der Waals surface area contributed by atoms with Crippen molar-refractivity contribution < 1.29 is 4.79 Å². The van der Waals surface area contributed by atoms with Gasteiger partial charge in [0.15, 0.2) is 0 Å². The van der Waals surface area contributed by atoms with Gasteiger partial charge in [-0.25, -0.2) is 0 Å². The monoisotopic (exact) mass is 281 g/mol. The molecule has 0 aliphatic carbocycles. The van der Waals surface area contributed by atoms with Crippen molar-refractivity contribution in [3.63, 3.8) is 0 Å². The van der Waals surface area contributed by atoms with Crippen molar-refractivity contribution in [3.05, 3.63) is 0 Å². The molecule has 0 radical (unpaired) electrons. The van der Waals surface area contributed by atoms with Gasteiger partial charge < -0.3 is 15.5 Å². The maximum atomic E-state index is 12.3. The lowest BCUT2D eigenvalue weighted by Gasteiger charge is -2.40. The van der Waals surface area contributed by atoms with E-state index >= 15 is 0 Å². The molecule has 20 heavy (non-hydrogen) atoms. The first kappa shape index (κ1) is 15.8. The van der Waals surface area contributed by atoms with Gasteiger partial charge in [0.2, 0.25) is 5.91 Å². The van der Waals surface area contributed by atoms with E-state index in [1.54, 1.807) is 0 Å². The quantitative estimate of drug-likeness (QED) is 0.858. The van der Waals surface area contributed by atoms with E-state index < -0.39 is 5.54 Å². The van der Waals surface area contributed by atoms with Gasteiger partial charge in [-0.3, -0.25) is 4.79 Å². The third kappa shape index (κ3) is 3.95. The standard InChI is InChI=1S/C16H31N3O/c1-13-7-4-5-9-18(13)11-14-8-6-10-19(12-14)15(20)16(2,3)17/h13-14H,4-12,17H2,1-3H3/t13-,14+/m1/s1. The molecular weight excluding hydrogens is 250 g/mol. The van der Waals surface area contributed by atoms with Crippen LogP contribution in [0, 0.1) is 5.92 Å². The van der Waals surface area contributed by atoms with Crippen molar-refractivity contribution in [1.82, 2.24) is 9.80 Å².